The highest BCUT2D eigenvalue weighted by atomic mass is 32.1. The lowest BCUT2D eigenvalue weighted by Gasteiger charge is -2.25. The van der Waals surface area contributed by atoms with Crippen LogP contribution in [0.5, 0.6) is 0 Å². The fourth-order valence-electron chi connectivity index (χ4n) is 3.67. The van der Waals surface area contributed by atoms with Gasteiger partial charge in [-0.15, -0.1) is 11.3 Å². The third kappa shape index (κ3) is 4.97. The summed E-state index contributed by atoms with van der Waals surface area (Å²) in [6, 6.07) is 5.58. The topological polar surface area (TPSA) is 121 Å². The fraction of sp³-hybridized carbons (Fsp3) is 0.458. The molecule has 1 aliphatic heterocycles. The molecule has 0 aromatic carbocycles. The average molecular weight is 466 g/mol. The first-order valence-corrected chi connectivity index (χ1v) is 11.9. The third-order valence-electron chi connectivity index (χ3n) is 6.29. The summed E-state index contributed by atoms with van der Waals surface area (Å²) in [5.41, 5.74) is 1.23. The number of thiophene rings is 1. The van der Waals surface area contributed by atoms with E-state index in [9.17, 15) is 14.9 Å². The highest BCUT2D eigenvalue weighted by Crippen LogP contribution is 2.30. The molecule has 0 spiro atoms. The molecule has 1 saturated heterocycles. The molecule has 3 aromatic heterocycles. The number of H-pyrrole nitrogens is 1. The highest BCUT2D eigenvalue weighted by molar-refractivity contribution is 7.17. The smallest absolute Gasteiger partial charge is 0.255 e. The molecule has 0 unspecified atom stereocenters. The first-order valence-electron chi connectivity index (χ1n) is 11.1. The van der Waals surface area contributed by atoms with Crippen LogP contribution in [-0.4, -0.2) is 45.9 Å². The number of hydrogen-bond donors (Lipinski definition) is 2. The van der Waals surface area contributed by atoms with Crippen LogP contribution in [0.3, 0.4) is 0 Å². The van der Waals surface area contributed by atoms with Crippen molar-refractivity contribution in [2.75, 3.05) is 13.2 Å². The molecule has 2 N–H and O–H groups in total. The van der Waals surface area contributed by atoms with E-state index in [-0.39, 0.29) is 17.7 Å². The molecular weight excluding hydrogens is 438 g/mol. The Hall–Kier alpha value is -3.09. The number of carbonyl (C=O) groups excluding carboxylic acids is 2. The molecule has 8 nitrogen and oxygen atoms in total. The molecule has 0 bridgehead atoms. The van der Waals surface area contributed by atoms with Crippen molar-refractivity contribution in [3.05, 3.63) is 35.0 Å². The Labute approximate surface area is 196 Å². The van der Waals surface area contributed by atoms with E-state index in [4.69, 9.17) is 4.74 Å². The normalized spacial score (nSPS) is 15.8. The fourth-order valence-corrected chi connectivity index (χ4v) is 4.58. The predicted molar refractivity (Wildman–Crippen MR) is 126 cm³/mol. The van der Waals surface area contributed by atoms with Crippen molar-refractivity contribution in [1.82, 2.24) is 20.3 Å². The van der Waals surface area contributed by atoms with Crippen molar-refractivity contribution in [2.24, 2.45) is 11.3 Å². The Morgan fingerprint density at radius 2 is 2.12 bits per heavy atom. The Kier molecular flexibility index (Phi) is 6.58. The highest BCUT2D eigenvalue weighted by Gasteiger charge is 2.28. The van der Waals surface area contributed by atoms with Crippen LogP contribution in [0.4, 0.5) is 0 Å². The minimum atomic E-state index is -0.705. The van der Waals surface area contributed by atoms with E-state index in [2.05, 4.69) is 26.3 Å². The lowest BCUT2D eigenvalue weighted by atomic mass is 9.87. The van der Waals surface area contributed by atoms with Gasteiger partial charge in [0.2, 0.25) is 0 Å². The molecule has 0 radical (unpaired) electrons. The zero-order valence-corrected chi connectivity index (χ0v) is 19.8. The maximum absolute atomic E-state index is 12.9. The summed E-state index contributed by atoms with van der Waals surface area (Å²) < 4.78 is 5.38. The Morgan fingerprint density at radius 3 is 2.85 bits per heavy atom. The van der Waals surface area contributed by atoms with Crippen LogP contribution >= 0.6 is 11.3 Å². The van der Waals surface area contributed by atoms with E-state index in [1.807, 2.05) is 12.1 Å². The molecule has 1 fully saturated rings. The number of rotatable bonds is 7. The Balaban J connectivity index is 1.53. The zero-order chi connectivity index (χ0) is 23.6. The number of carbonyl (C=O) groups is 2. The number of aromatic amines is 1. The van der Waals surface area contributed by atoms with Gasteiger partial charge < -0.3 is 15.0 Å². The summed E-state index contributed by atoms with van der Waals surface area (Å²) in [7, 11) is 0. The largest absolute Gasteiger partial charge is 0.381 e. The number of fused-ring (bicyclic) bond motifs is 1. The van der Waals surface area contributed by atoms with E-state index >= 15 is 0 Å². The van der Waals surface area contributed by atoms with Gasteiger partial charge in [-0.2, -0.15) is 5.26 Å². The summed E-state index contributed by atoms with van der Waals surface area (Å²) in [5.74, 6) is 0.201. The Morgan fingerprint density at radius 1 is 1.36 bits per heavy atom. The number of amides is 1. The first kappa shape index (κ1) is 23.1. The molecule has 4 heterocycles. The van der Waals surface area contributed by atoms with Gasteiger partial charge in [0.25, 0.3) is 5.91 Å². The summed E-state index contributed by atoms with van der Waals surface area (Å²) in [4.78, 5) is 39.2. The van der Waals surface area contributed by atoms with Crippen LogP contribution in [0.1, 0.15) is 60.1 Å². The lowest BCUT2D eigenvalue weighted by molar-refractivity contribution is 0.0602. The van der Waals surface area contributed by atoms with Gasteiger partial charge in [-0.05, 0) is 51.7 Å². The second kappa shape index (κ2) is 9.41. The van der Waals surface area contributed by atoms with E-state index in [1.54, 1.807) is 33.2 Å². The lowest BCUT2D eigenvalue weighted by Crippen LogP contribution is -2.42. The average Bonchev–Trinajstić information content (AvgIpc) is 3.47. The summed E-state index contributed by atoms with van der Waals surface area (Å²) in [6.45, 7) is 6.81. The summed E-state index contributed by atoms with van der Waals surface area (Å²) in [6.07, 6.45) is 5.60. The number of hydrogen-bond acceptors (Lipinski definition) is 7. The Bertz CT molecular complexity index is 1220. The van der Waals surface area contributed by atoms with E-state index in [0.717, 1.165) is 30.9 Å². The predicted octanol–water partition coefficient (Wildman–Crippen LogP) is 4.35. The van der Waals surface area contributed by atoms with Gasteiger partial charge in [0.05, 0.1) is 38.7 Å². The van der Waals surface area contributed by atoms with Crippen molar-refractivity contribution in [2.45, 2.75) is 46.1 Å². The van der Waals surface area contributed by atoms with Crippen molar-refractivity contribution < 1.29 is 14.3 Å². The zero-order valence-electron chi connectivity index (χ0n) is 19.0. The van der Waals surface area contributed by atoms with Crippen LogP contribution in [0.15, 0.2) is 24.5 Å². The number of nitriles is 1. The van der Waals surface area contributed by atoms with Crippen LogP contribution in [0.25, 0.3) is 21.7 Å². The number of nitrogens with one attached hydrogen (secondary N) is 2. The second-order valence-corrected chi connectivity index (χ2v) is 10.1. The quantitative estimate of drug-likeness (QED) is 0.500. The minimum Gasteiger partial charge on any atom is -0.381 e. The van der Waals surface area contributed by atoms with Crippen molar-refractivity contribution in [1.29, 1.82) is 5.26 Å². The molecular formula is C24H27N5O3S. The molecule has 4 rings (SSSR count). The first-order chi connectivity index (χ1) is 15.8. The van der Waals surface area contributed by atoms with Gasteiger partial charge in [0.1, 0.15) is 5.52 Å². The summed E-state index contributed by atoms with van der Waals surface area (Å²) >= 11 is 1.39. The van der Waals surface area contributed by atoms with Gasteiger partial charge in [-0.25, -0.2) is 9.97 Å². The molecule has 1 aliphatic rings. The number of Topliss-reactive ketones (excluding diaryl/α,β-unsaturated/α-hetero) is 1. The van der Waals surface area contributed by atoms with Crippen LogP contribution in [-0.2, 0) is 4.74 Å². The van der Waals surface area contributed by atoms with Crippen LogP contribution in [0, 0.1) is 22.7 Å². The standard InChI is InChI=1S/C24H27N5O3S/c1-14(24(2,3)13-25)28-23(31)16-11-26-22-21(16)29-17(12-27-22)19-4-5-20(33-19)18(30)10-15-6-8-32-9-7-15/h4-5,11-12,14-15H,6-10H2,1-3H3,(H,26,27)(H,28,31)/t14-/m0/s1. The van der Waals surface area contributed by atoms with Crippen LogP contribution in [0.2, 0.25) is 0 Å². The minimum absolute atomic E-state index is 0.142. The molecule has 33 heavy (non-hydrogen) atoms. The number of ether oxygens (including phenoxy) is 1. The maximum atomic E-state index is 12.9. The summed E-state index contributed by atoms with van der Waals surface area (Å²) in [5, 5.41) is 12.2. The van der Waals surface area contributed by atoms with Gasteiger partial charge in [0.15, 0.2) is 11.4 Å². The van der Waals surface area contributed by atoms with Gasteiger partial charge in [-0.3, -0.25) is 9.59 Å². The van der Waals surface area contributed by atoms with Gasteiger partial charge in [0, 0.05) is 31.9 Å². The van der Waals surface area contributed by atoms with E-state index in [0.29, 0.717) is 39.6 Å². The SMILES string of the molecule is C[C@H](NC(=O)c1c[nH]c2ncc(-c3ccc(C(=O)CC4CCOCC4)s3)nc12)C(C)(C)C#N. The van der Waals surface area contributed by atoms with E-state index < -0.39 is 5.41 Å². The van der Waals surface area contributed by atoms with Crippen molar-refractivity contribution >= 4 is 34.2 Å². The van der Waals surface area contributed by atoms with Crippen molar-refractivity contribution in [3.63, 3.8) is 0 Å². The third-order valence-corrected chi connectivity index (χ3v) is 7.44. The molecule has 1 amide bonds. The van der Waals surface area contributed by atoms with Gasteiger partial charge >= 0.3 is 0 Å². The molecule has 172 valence electrons. The monoisotopic (exact) mass is 465 g/mol. The second-order valence-electron chi connectivity index (χ2n) is 9.03. The number of ketones is 1. The molecule has 0 saturated carbocycles. The molecule has 3 aromatic rings. The molecule has 9 heteroatoms. The van der Waals surface area contributed by atoms with Gasteiger partial charge in [-0.1, -0.05) is 0 Å². The number of nitrogens with zero attached hydrogens (tertiary/aromatic N) is 3. The van der Waals surface area contributed by atoms with Crippen LogP contribution < -0.4 is 5.32 Å². The maximum Gasteiger partial charge on any atom is 0.255 e. The number of aromatic nitrogens is 3. The van der Waals surface area contributed by atoms with E-state index in [1.165, 1.54) is 11.3 Å². The van der Waals surface area contributed by atoms with Crippen molar-refractivity contribution in [3.8, 4) is 16.6 Å². The molecule has 1 atom stereocenters. The molecule has 0 aliphatic carbocycles.